The molecule has 0 aromatic rings. The van der Waals surface area contributed by atoms with Crippen molar-refractivity contribution in [1.82, 2.24) is 10.2 Å². The lowest BCUT2D eigenvalue weighted by Crippen LogP contribution is -2.42. The van der Waals surface area contributed by atoms with Crippen molar-refractivity contribution < 1.29 is 19.8 Å². The van der Waals surface area contributed by atoms with E-state index in [2.05, 4.69) is 22.1 Å². The maximum Gasteiger partial charge on any atom is 0.404 e. The van der Waals surface area contributed by atoms with E-state index >= 15 is 0 Å². The lowest BCUT2D eigenvalue weighted by Gasteiger charge is -2.28. The Hall–Kier alpha value is -1.57. The Bertz CT molecular complexity index is 326. The Labute approximate surface area is 124 Å². The molecule has 1 amide bonds. The fourth-order valence-corrected chi connectivity index (χ4v) is 2.62. The largest absolute Gasteiger partial charge is 0.465 e. The molecule has 2 fully saturated rings. The van der Waals surface area contributed by atoms with Gasteiger partial charge in [-0.05, 0) is 45.8 Å². The molecule has 1 aliphatic carbocycles. The van der Waals surface area contributed by atoms with E-state index in [0.717, 1.165) is 51.6 Å². The Morgan fingerprint density at radius 2 is 1.81 bits per heavy atom. The topological polar surface area (TPSA) is 105 Å². The summed E-state index contributed by atoms with van der Waals surface area (Å²) in [5.41, 5.74) is 0. The molecule has 2 N–H and O–H groups in total. The number of carbonyl (C=O) groups is 1. The molecule has 1 saturated heterocycles. The minimum atomic E-state index is -0.903. The van der Waals surface area contributed by atoms with Crippen molar-refractivity contribution in [2.75, 3.05) is 20.1 Å². The highest BCUT2D eigenvalue weighted by molar-refractivity contribution is 5.64. The molecule has 0 aromatic heterocycles. The quantitative estimate of drug-likeness (QED) is 0.609. The van der Waals surface area contributed by atoms with E-state index in [1.807, 2.05) is 0 Å². The first-order chi connectivity index (χ1) is 9.97. The van der Waals surface area contributed by atoms with Crippen LogP contribution in [-0.2, 0) is 4.84 Å². The molecule has 0 bridgehead atoms. The van der Waals surface area contributed by atoms with Gasteiger partial charge in [-0.25, -0.2) is 4.79 Å². The molecule has 0 radical (unpaired) electrons. The first kappa shape index (κ1) is 17.5. The lowest BCUT2D eigenvalue weighted by molar-refractivity contribution is -0.769. The van der Waals surface area contributed by atoms with Crippen LogP contribution in [0.25, 0.3) is 0 Å². The third kappa shape index (κ3) is 8.34. The third-order valence-corrected chi connectivity index (χ3v) is 3.83. The zero-order chi connectivity index (χ0) is 15.7. The molecule has 0 atom stereocenters. The Morgan fingerprint density at radius 3 is 2.29 bits per heavy atom. The molecule has 2 rings (SSSR count). The molecule has 8 heteroatoms. The summed E-state index contributed by atoms with van der Waals surface area (Å²) < 4.78 is 0. The van der Waals surface area contributed by atoms with Gasteiger partial charge in [0.25, 0.3) is 5.09 Å². The summed E-state index contributed by atoms with van der Waals surface area (Å²) in [6.45, 7) is 1.98. The van der Waals surface area contributed by atoms with Crippen molar-refractivity contribution in [2.45, 2.75) is 57.1 Å². The van der Waals surface area contributed by atoms with E-state index in [1.54, 1.807) is 0 Å². The summed E-state index contributed by atoms with van der Waals surface area (Å²) in [4.78, 5) is 26.7. The van der Waals surface area contributed by atoms with Gasteiger partial charge in [-0.15, -0.1) is 10.1 Å². The number of carboxylic acid groups (broad SMARTS) is 1. The van der Waals surface area contributed by atoms with Gasteiger partial charge in [-0.2, -0.15) is 0 Å². The molecular formula is C13H25N3O5. The van der Waals surface area contributed by atoms with Gasteiger partial charge in [0.05, 0.1) is 0 Å². The number of hydrogen-bond acceptors (Lipinski definition) is 5. The summed E-state index contributed by atoms with van der Waals surface area (Å²) in [5.74, 6) is 0. The van der Waals surface area contributed by atoms with Crippen LogP contribution in [-0.4, -0.2) is 53.5 Å². The number of hydrogen-bond donors (Lipinski definition) is 2. The van der Waals surface area contributed by atoms with Crippen LogP contribution in [0.1, 0.15) is 44.9 Å². The number of likely N-dealkylation sites (tertiary alicyclic amines) is 1. The molecule has 8 nitrogen and oxygen atoms in total. The van der Waals surface area contributed by atoms with E-state index in [9.17, 15) is 14.9 Å². The Kier molecular flexibility index (Phi) is 7.81. The highest BCUT2D eigenvalue weighted by Gasteiger charge is 2.17. The van der Waals surface area contributed by atoms with Gasteiger partial charge in [0.15, 0.2) is 0 Å². The molecule has 0 spiro atoms. The molecule has 0 aromatic carbocycles. The van der Waals surface area contributed by atoms with Crippen molar-refractivity contribution >= 4 is 6.09 Å². The number of nitrogens with one attached hydrogen (secondary N) is 1. The van der Waals surface area contributed by atoms with Crippen molar-refractivity contribution in [3.8, 4) is 0 Å². The maximum absolute atomic E-state index is 10.2. The van der Waals surface area contributed by atoms with Gasteiger partial charge in [0.2, 0.25) is 0 Å². The summed E-state index contributed by atoms with van der Waals surface area (Å²) in [6, 6.07) is 0.170. The van der Waals surface area contributed by atoms with Crippen molar-refractivity contribution in [1.29, 1.82) is 0 Å². The second-order valence-electron chi connectivity index (χ2n) is 5.62. The zero-order valence-electron chi connectivity index (χ0n) is 12.5. The average molecular weight is 303 g/mol. The van der Waals surface area contributed by atoms with E-state index in [4.69, 9.17) is 5.11 Å². The van der Waals surface area contributed by atoms with Crippen molar-refractivity contribution in [3.63, 3.8) is 0 Å². The van der Waals surface area contributed by atoms with E-state index in [-0.39, 0.29) is 12.1 Å². The van der Waals surface area contributed by atoms with Crippen LogP contribution in [0.2, 0.25) is 0 Å². The maximum atomic E-state index is 10.2. The van der Waals surface area contributed by atoms with E-state index in [1.165, 1.54) is 6.42 Å². The van der Waals surface area contributed by atoms with Crippen LogP contribution in [0.3, 0.4) is 0 Å². The van der Waals surface area contributed by atoms with Crippen molar-refractivity contribution in [3.05, 3.63) is 10.1 Å². The summed E-state index contributed by atoms with van der Waals surface area (Å²) in [6.07, 6.45) is 5.87. The molecule has 2 aliphatic rings. The highest BCUT2D eigenvalue weighted by Crippen LogP contribution is 2.19. The molecule has 21 heavy (non-hydrogen) atoms. The van der Waals surface area contributed by atoms with Crippen LogP contribution < -0.4 is 5.32 Å². The van der Waals surface area contributed by atoms with Crippen LogP contribution in [0.4, 0.5) is 4.79 Å². The van der Waals surface area contributed by atoms with Gasteiger partial charge in [-0.3, -0.25) is 0 Å². The van der Waals surface area contributed by atoms with Gasteiger partial charge >= 0.3 is 6.09 Å². The molecule has 1 saturated carbocycles. The van der Waals surface area contributed by atoms with E-state index < -0.39 is 11.2 Å². The molecule has 1 aliphatic heterocycles. The number of piperidine rings is 1. The Balaban J connectivity index is 0.000000211. The smallest absolute Gasteiger partial charge is 0.404 e. The van der Waals surface area contributed by atoms with Crippen LogP contribution in [0, 0.1) is 10.1 Å². The minimum absolute atomic E-state index is 0.122. The van der Waals surface area contributed by atoms with Gasteiger partial charge < -0.3 is 20.2 Å². The average Bonchev–Trinajstić information content (AvgIpc) is 2.42. The van der Waals surface area contributed by atoms with Crippen LogP contribution >= 0.6 is 0 Å². The predicted octanol–water partition coefficient (Wildman–Crippen LogP) is 1.88. The monoisotopic (exact) mass is 303 g/mol. The summed E-state index contributed by atoms with van der Waals surface area (Å²) in [5, 5.41) is 20.1. The second kappa shape index (κ2) is 9.38. The molecule has 1 heterocycles. The van der Waals surface area contributed by atoms with E-state index in [0.29, 0.717) is 0 Å². The van der Waals surface area contributed by atoms with Gasteiger partial charge in [0.1, 0.15) is 6.10 Å². The third-order valence-electron chi connectivity index (χ3n) is 3.83. The molecular weight excluding hydrogens is 278 g/mol. The fourth-order valence-electron chi connectivity index (χ4n) is 2.62. The SMILES string of the molecule is CN1CCC(NC(=O)O)CC1.O=[N+]([O-])OC1CCCCC1. The Morgan fingerprint density at radius 1 is 1.24 bits per heavy atom. The molecule has 122 valence electrons. The first-order valence-corrected chi connectivity index (χ1v) is 7.46. The summed E-state index contributed by atoms with van der Waals surface area (Å²) >= 11 is 0. The first-order valence-electron chi connectivity index (χ1n) is 7.46. The fraction of sp³-hybridized carbons (Fsp3) is 0.923. The number of nitrogens with zero attached hydrogens (tertiary/aromatic N) is 2. The standard InChI is InChI=1S/C7H14N2O2.C6H11NO3/c1-9-4-2-6(3-5-9)8-7(10)11;8-7(9)10-6-4-2-1-3-5-6/h6,8H,2-5H2,1H3,(H,10,11);6H,1-5H2. The minimum Gasteiger partial charge on any atom is -0.465 e. The van der Waals surface area contributed by atoms with Gasteiger partial charge in [0, 0.05) is 6.04 Å². The van der Waals surface area contributed by atoms with Crippen molar-refractivity contribution in [2.24, 2.45) is 0 Å². The number of rotatable bonds is 3. The predicted molar refractivity (Wildman–Crippen MR) is 76.6 cm³/mol. The highest BCUT2D eigenvalue weighted by atomic mass is 17.0. The zero-order valence-corrected chi connectivity index (χ0v) is 12.5. The number of amides is 1. The van der Waals surface area contributed by atoms with Crippen LogP contribution in [0.15, 0.2) is 0 Å². The van der Waals surface area contributed by atoms with Crippen LogP contribution in [0.5, 0.6) is 0 Å². The molecule has 0 unspecified atom stereocenters. The van der Waals surface area contributed by atoms with Gasteiger partial charge in [-0.1, -0.05) is 19.3 Å². The lowest BCUT2D eigenvalue weighted by atomic mass is 9.98. The second-order valence-corrected chi connectivity index (χ2v) is 5.62. The summed E-state index contributed by atoms with van der Waals surface area (Å²) in [7, 11) is 2.05. The normalized spacial score (nSPS) is 21.0.